The molecule has 0 saturated heterocycles. The van der Waals surface area contributed by atoms with Crippen molar-refractivity contribution >= 4 is 0 Å². The van der Waals surface area contributed by atoms with E-state index in [1.54, 1.807) is 0 Å². The quantitative estimate of drug-likeness (QED) is 0.382. The first-order valence-corrected chi connectivity index (χ1v) is 10.6. The Hall–Kier alpha value is -0.520. The van der Waals surface area contributed by atoms with Gasteiger partial charge in [0.25, 0.3) is 0 Å². The van der Waals surface area contributed by atoms with Gasteiger partial charge in [-0.05, 0) is 75.0 Å². The fourth-order valence-corrected chi connectivity index (χ4v) is 4.86. The van der Waals surface area contributed by atoms with Gasteiger partial charge in [0.1, 0.15) is 0 Å². The fourth-order valence-electron chi connectivity index (χ4n) is 4.86. The first-order chi connectivity index (χ1) is 11.3. The standard InChI is InChI=1S/C23H40/c1-3-5-9-21-16-18-23(19-17-21)11-7-6-10-22-14-12-20(8-4-2)13-15-22/h3,7,11,20-23H,1,4-6,8-10,12-19H2,2H3. The summed E-state index contributed by atoms with van der Waals surface area (Å²) in [4.78, 5) is 0. The molecular weight excluding hydrogens is 276 g/mol. The molecule has 0 heterocycles. The Morgan fingerprint density at radius 2 is 1.26 bits per heavy atom. The molecule has 23 heavy (non-hydrogen) atoms. The minimum atomic E-state index is 0.885. The highest BCUT2D eigenvalue weighted by molar-refractivity contribution is 4.92. The van der Waals surface area contributed by atoms with Gasteiger partial charge < -0.3 is 0 Å². The lowest BCUT2D eigenvalue weighted by molar-refractivity contribution is 0.253. The van der Waals surface area contributed by atoms with Crippen LogP contribution in [0.15, 0.2) is 24.8 Å². The van der Waals surface area contributed by atoms with Gasteiger partial charge in [0.05, 0.1) is 0 Å². The van der Waals surface area contributed by atoms with E-state index in [4.69, 9.17) is 0 Å². The van der Waals surface area contributed by atoms with Crippen molar-refractivity contribution in [3.8, 4) is 0 Å². The maximum absolute atomic E-state index is 3.85. The smallest absolute Gasteiger partial charge is 0.0233 e. The zero-order valence-corrected chi connectivity index (χ0v) is 15.6. The van der Waals surface area contributed by atoms with Gasteiger partial charge >= 0.3 is 0 Å². The van der Waals surface area contributed by atoms with Crippen molar-refractivity contribution in [3.05, 3.63) is 24.8 Å². The molecule has 0 aromatic rings. The van der Waals surface area contributed by atoms with Gasteiger partial charge in [-0.3, -0.25) is 0 Å². The van der Waals surface area contributed by atoms with Crippen LogP contribution in [0.1, 0.15) is 96.8 Å². The maximum atomic E-state index is 3.85. The second-order valence-corrected chi connectivity index (χ2v) is 8.33. The van der Waals surface area contributed by atoms with Gasteiger partial charge in [-0.1, -0.05) is 63.7 Å². The number of hydrogen-bond acceptors (Lipinski definition) is 0. The molecule has 2 fully saturated rings. The van der Waals surface area contributed by atoms with E-state index < -0.39 is 0 Å². The van der Waals surface area contributed by atoms with Crippen LogP contribution in [-0.2, 0) is 0 Å². The predicted octanol–water partition coefficient (Wildman–Crippen LogP) is 7.70. The van der Waals surface area contributed by atoms with E-state index in [9.17, 15) is 0 Å². The highest BCUT2D eigenvalue weighted by atomic mass is 14.3. The molecule has 0 aliphatic heterocycles. The number of allylic oxidation sites excluding steroid dienone is 3. The molecule has 0 atom stereocenters. The molecule has 2 rings (SSSR count). The zero-order valence-electron chi connectivity index (χ0n) is 15.6. The van der Waals surface area contributed by atoms with Crippen molar-refractivity contribution in [2.45, 2.75) is 96.8 Å². The highest BCUT2D eigenvalue weighted by Crippen LogP contribution is 2.35. The molecule has 0 bridgehead atoms. The molecular formula is C23H40. The van der Waals surface area contributed by atoms with Gasteiger partial charge in [-0.2, -0.15) is 0 Å². The van der Waals surface area contributed by atoms with E-state index in [2.05, 4.69) is 31.7 Å². The lowest BCUT2D eigenvalue weighted by Gasteiger charge is -2.28. The van der Waals surface area contributed by atoms with Crippen molar-refractivity contribution in [1.82, 2.24) is 0 Å². The van der Waals surface area contributed by atoms with Crippen LogP contribution in [-0.4, -0.2) is 0 Å². The molecule has 0 nitrogen and oxygen atoms in total. The van der Waals surface area contributed by atoms with Gasteiger partial charge in [-0.15, -0.1) is 6.58 Å². The third-order valence-electron chi connectivity index (χ3n) is 6.48. The van der Waals surface area contributed by atoms with Crippen LogP contribution in [0.4, 0.5) is 0 Å². The molecule has 2 aliphatic carbocycles. The molecule has 0 radical (unpaired) electrons. The lowest BCUT2D eigenvalue weighted by atomic mass is 9.78. The summed E-state index contributed by atoms with van der Waals surface area (Å²) in [5, 5.41) is 0. The minimum Gasteiger partial charge on any atom is -0.103 e. The summed E-state index contributed by atoms with van der Waals surface area (Å²) >= 11 is 0. The Balaban J connectivity index is 1.53. The van der Waals surface area contributed by atoms with Crippen LogP contribution in [0.25, 0.3) is 0 Å². The average molecular weight is 317 g/mol. The monoisotopic (exact) mass is 316 g/mol. The molecule has 0 spiro atoms. The zero-order chi connectivity index (χ0) is 16.3. The Morgan fingerprint density at radius 3 is 1.83 bits per heavy atom. The molecule has 0 aromatic heterocycles. The summed E-state index contributed by atoms with van der Waals surface area (Å²) in [6.07, 6.45) is 27.2. The first-order valence-electron chi connectivity index (χ1n) is 10.6. The summed E-state index contributed by atoms with van der Waals surface area (Å²) in [5.74, 6) is 3.96. The molecule has 0 heteroatoms. The highest BCUT2D eigenvalue weighted by Gasteiger charge is 2.20. The maximum Gasteiger partial charge on any atom is -0.0233 e. The Morgan fingerprint density at radius 1 is 0.739 bits per heavy atom. The van der Waals surface area contributed by atoms with Crippen LogP contribution in [0.5, 0.6) is 0 Å². The van der Waals surface area contributed by atoms with Crippen molar-refractivity contribution < 1.29 is 0 Å². The van der Waals surface area contributed by atoms with Crippen LogP contribution in [0.3, 0.4) is 0 Å². The van der Waals surface area contributed by atoms with E-state index in [1.807, 2.05) is 0 Å². The number of rotatable bonds is 9. The molecule has 2 saturated carbocycles. The third kappa shape index (κ3) is 7.27. The second kappa shape index (κ2) is 11.1. The molecule has 0 aromatic carbocycles. The van der Waals surface area contributed by atoms with Crippen molar-refractivity contribution in [2.75, 3.05) is 0 Å². The van der Waals surface area contributed by atoms with Crippen molar-refractivity contribution in [1.29, 1.82) is 0 Å². The van der Waals surface area contributed by atoms with Crippen LogP contribution >= 0.6 is 0 Å². The van der Waals surface area contributed by atoms with Crippen molar-refractivity contribution in [2.24, 2.45) is 23.7 Å². The largest absolute Gasteiger partial charge is 0.103 e. The molecule has 0 N–H and O–H groups in total. The normalized spacial score (nSPS) is 32.2. The third-order valence-corrected chi connectivity index (χ3v) is 6.48. The van der Waals surface area contributed by atoms with E-state index in [0.717, 1.165) is 23.7 Å². The summed E-state index contributed by atoms with van der Waals surface area (Å²) in [6, 6.07) is 0. The van der Waals surface area contributed by atoms with Crippen LogP contribution < -0.4 is 0 Å². The Kier molecular flexibility index (Phi) is 9.09. The number of hydrogen-bond donors (Lipinski definition) is 0. The summed E-state index contributed by atoms with van der Waals surface area (Å²) < 4.78 is 0. The van der Waals surface area contributed by atoms with Crippen molar-refractivity contribution in [3.63, 3.8) is 0 Å². The summed E-state index contributed by atoms with van der Waals surface area (Å²) in [7, 11) is 0. The van der Waals surface area contributed by atoms with Gasteiger partial charge in [0.15, 0.2) is 0 Å². The van der Waals surface area contributed by atoms with E-state index in [0.29, 0.717) is 0 Å². The van der Waals surface area contributed by atoms with E-state index in [-0.39, 0.29) is 0 Å². The Labute approximate surface area is 145 Å². The summed E-state index contributed by atoms with van der Waals surface area (Å²) in [6.45, 7) is 6.19. The summed E-state index contributed by atoms with van der Waals surface area (Å²) in [5.41, 5.74) is 0. The average Bonchev–Trinajstić information content (AvgIpc) is 2.59. The predicted molar refractivity (Wildman–Crippen MR) is 104 cm³/mol. The van der Waals surface area contributed by atoms with E-state index >= 15 is 0 Å². The fraction of sp³-hybridized carbons (Fsp3) is 0.826. The molecule has 2 aliphatic rings. The van der Waals surface area contributed by atoms with Gasteiger partial charge in [0, 0.05) is 0 Å². The molecule has 0 unspecified atom stereocenters. The minimum absolute atomic E-state index is 0.885. The van der Waals surface area contributed by atoms with E-state index in [1.165, 1.54) is 89.9 Å². The first kappa shape index (κ1) is 18.8. The topological polar surface area (TPSA) is 0 Å². The molecule has 132 valence electrons. The lowest BCUT2D eigenvalue weighted by Crippen LogP contribution is -2.14. The Bertz CT molecular complexity index is 324. The van der Waals surface area contributed by atoms with Gasteiger partial charge in [0.2, 0.25) is 0 Å². The van der Waals surface area contributed by atoms with Crippen LogP contribution in [0, 0.1) is 23.7 Å². The SMILES string of the molecule is C=CCCC1CCC(C=CCCC2CCC(CCC)CC2)CC1. The second-order valence-electron chi connectivity index (χ2n) is 8.33. The van der Waals surface area contributed by atoms with Crippen LogP contribution in [0.2, 0.25) is 0 Å². The molecule has 0 amide bonds. The van der Waals surface area contributed by atoms with Gasteiger partial charge in [-0.25, -0.2) is 0 Å².